The maximum absolute atomic E-state index is 13.2. The first kappa shape index (κ1) is 10.1. The van der Waals surface area contributed by atoms with Gasteiger partial charge in [-0.2, -0.15) is 0 Å². The van der Waals surface area contributed by atoms with Gasteiger partial charge in [0, 0.05) is 24.8 Å². The largest absolute Gasteiger partial charge is 0.367 e. The maximum atomic E-state index is 13.2. The van der Waals surface area contributed by atoms with Gasteiger partial charge in [-0.1, -0.05) is 0 Å². The molecule has 2 aliphatic rings. The molecule has 0 amide bonds. The van der Waals surface area contributed by atoms with Gasteiger partial charge in [-0.25, -0.2) is 4.39 Å². The number of hydrogen-bond acceptors (Lipinski definition) is 2. The van der Waals surface area contributed by atoms with Gasteiger partial charge in [0.25, 0.3) is 0 Å². The third-order valence-electron chi connectivity index (χ3n) is 3.71. The Morgan fingerprint density at radius 1 is 1.31 bits per heavy atom. The van der Waals surface area contributed by atoms with Gasteiger partial charge in [-0.05, 0) is 50.2 Å². The Hall–Kier alpha value is -1.09. The number of halogens is 1. The van der Waals surface area contributed by atoms with E-state index >= 15 is 0 Å². The van der Waals surface area contributed by atoms with E-state index in [0.29, 0.717) is 6.04 Å². The quantitative estimate of drug-likeness (QED) is 0.659. The molecule has 2 nitrogen and oxygen atoms in total. The van der Waals surface area contributed by atoms with Gasteiger partial charge in [0.2, 0.25) is 0 Å². The summed E-state index contributed by atoms with van der Waals surface area (Å²) in [7, 11) is 2.17. The lowest BCUT2D eigenvalue weighted by atomic mass is 10.1. The van der Waals surface area contributed by atoms with Crippen molar-refractivity contribution in [1.29, 1.82) is 0 Å². The van der Waals surface area contributed by atoms with Gasteiger partial charge < -0.3 is 9.80 Å². The number of hydrogen-bond donors (Lipinski definition) is 0. The van der Waals surface area contributed by atoms with Crippen molar-refractivity contribution in [2.45, 2.75) is 18.9 Å². The fraction of sp³-hybridized carbons (Fsp3) is 0.538. The Bertz CT molecular complexity index is 405. The van der Waals surface area contributed by atoms with Crippen molar-refractivity contribution in [3.05, 3.63) is 29.6 Å². The van der Waals surface area contributed by atoms with Crippen molar-refractivity contribution >= 4 is 5.69 Å². The van der Waals surface area contributed by atoms with E-state index in [2.05, 4.69) is 16.8 Å². The Labute approximate surface area is 95.7 Å². The van der Waals surface area contributed by atoms with Crippen LogP contribution in [-0.4, -0.2) is 37.6 Å². The normalized spacial score (nSPS) is 25.1. The lowest BCUT2D eigenvalue weighted by Gasteiger charge is -2.25. The molecule has 2 heterocycles. The van der Waals surface area contributed by atoms with Crippen molar-refractivity contribution in [3.63, 3.8) is 0 Å². The van der Waals surface area contributed by atoms with Crippen LogP contribution < -0.4 is 4.90 Å². The molecular formula is C13H17FN2. The topological polar surface area (TPSA) is 6.48 Å². The lowest BCUT2D eigenvalue weighted by molar-refractivity contribution is 0.333. The van der Waals surface area contributed by atoms with E-state index in [4.69, 9.17) is 0 Å². The number of anilines is 1. The molecule has 1 aromatic rings. The van der Waals surface area contributed by atoms with Crippen LogP contribution in [0.15, 0.2) is 18.2 Å². The van der Waals surface area contributed by atoms with Gasteiger partial charge >= 0.3 is 0 Å². The molecule has 1 atom stereocenters. The first-order chi connectivity index (χ1) is 7.74. The van der Waals surface area contributed by atoms with Crippen LogP contribution in [0.5, 0.6) is 0 Å². The maximum Gasteiger partial charge on any atom is 0.123 e. The predicted molar refractivity (Wildman–Crippen MR) is 63.4 cm³/mol. The molecule has 1 aromatic carbocycles. The highest BCUT2D eigenvalue weighted by Gasteiger charge is 2.31. The minimum absolute atomic E-state index is 0.107. The van der Waals surface area contributed by atoms with E-state index in [-0.39, 0.29) is 5.82 Å². The van der Waals surface area contributed by atoms with Crippen molar-refractivity contribution in [2.75, 3.05) is 31.6 Å². The predicted octanol–water partition coefficient (Wildman–Crippen LogP) is 1.89. The highest BCUT2D eigenvalue weighted by Crippen LogP contribution is 2.33. The van der Waals surface area contributed by atoms with Crippen LogP contribution in [0.2, 0.25) is 0 Å². The number of benzene rings is 1. The molecular weight excluding hydrogens is 203 g/mol. The second-order valence-corrected chi connectivity index (χ2v) is 4.94. The molecule has 3 rings (SSSR count). The number of nitrogens with zero attached hydrogens (tertiary/aromatic N) is 2. The van der Waals surface area contributed by atoms with Gasteiger partial charge in [0.05, 0.1) is 0 Å². The monoisotopic (exact) mass is 220 g/mol. The Morgan fingerprint density at radius 3 is 3.06 bits per heavy atom. The summed E-state index contributed by atoms with van der Waals surface area (Å²) < 4.78 is 13.2. The molecule has 3 heteroatoms. The summed E-state index contributed by atoms with van der Waals surface area (Å²) in [5.41, 5.74) is 2.43. The van der Waals surface area contributed by atoms with E-state index in [1.165, 1.54) is 24.2 Å². The number of likely N-dealkylation sites (N-methyl/N-ethyl adjacent to an activating group) is 1. The first-order valence-electron chi connectivity index (χ1n) is 5.97. The van der Waals surface area contributed by atoms with Crippen LogP contribution in [0.3, 0.4) is 0 Å². The summed E-state index contributed by atoms with van der Waals surface area (Å²) in [5.74, 6) is -0.107. The van der Waals surface area contributed by atoms with E-state index in [0.717, 1.165) is 19.5 Å². The van der Waals surface area contributed by atoms with Crippen LogP contribution in [0.1, 0.15) is 12.0 Å². The number of rotatable bonds is 0. The van der Waals surface area contributed by atoms with E-state index in [1.807, 2.05) is 6.07 Å². The second-order valence-electron chi connectivity index (χ2n) is 4.94. The van der Waals surface area contributed by atoms with Gasteiger partial charge in [-0.15, -0.1) is 0 Å². The van der Waals surface area contributed by atoms with Crippen LogP contribution >= 0.6 is 0 Å². The van der Waals surface area contributed by atoms with Crippen LogP contribution in [0.25, 0.3) is 0 Å². The molecule has 2 aliphatic heterocycles. The summed E-state index contributed by atoms with van der Waals surface area (Å²) in [6, 6.07) is 5.76. The summed E-state index contributed by atoms with van der Waals surface area (Å²) in [6.07, 6.45) is 2.20. The summed E-state index contributed by atoms with van der Waals surface area (Å²) >= 11 is 0. The molecule has 16 heavy (non-hydrogen) atoms. The van der Waals surface area contributed by atoms with Crippen LogP contribution in [-0.2, 0) is 6.42 Å². The van der Waals surface area contributed by atoms with Crippen LogP contribution in [0.4, 0.5) is 10.1 Å². The molecule has 0 bridgehead atoms. The standard InChI is InChI=1S/C13H17FN2/c1-15-5-2-6-16-12(9-15)8-10-7-11(14)3-4-13(10)16/h3-4,7,12H,2,5-6,8-9H2,1H3. The summed E-state index contributed by atoms with van der Waals surface area (Å²) in [6.45, 7) is 3.37. The zero-order valence-corrected chi connectivity index (χ0v) is 9.62. The fourth-order valence-electron chi connectivity index (χ4n) is 2.99. The molecule has 1 saturated heterocycles. The average molecular weight is 220 g/mol. The second kappa shape index (κ2) is 3.74. The third-order valence-corrected chi connectivity index (χ3v) is 3.71. The van der Waals surface area contributed by atoms with E-state index in [9.17, 15) is 4.39 Å². The Balaban J connectivity index is 1.94. The molecule has 0 aromatic heterocycles. The fourth-order valence-corrected chi connectivity index (χ4v) is 2.99. The molecule has 1 fully saturated rings. The molecule has 1 unspecified atom stereocenters. The van der Waals surface area contributed by atoms with Crippen molar-refractivity contribution in [2.24, 2.45) is 0 Å². The van der Waals surface area contributed by atoms with Gasteiger partial charge in [-0.3, -0.25) is 0 Å². The van der Waals surface area contributed by atoms with Crippen molar-refractivity contribution < 1.29 is 4.39 Å². The van der Waals surface area contributed by atoms with Crippen molar-refractivity contribution in [1.82, 2.24) is 4.90 Å². The third kappa shape index (κ3) is 1.59. The summed E-state index contributed by atoms with van der Waals surface area (Å²) in [4.78, 5) is 4.84. The molecule has 0 aliphatic carbocycles. The molecule has 0 saturated carbocycles. The molecule has 86 valence electrons. The Kier molecular flexibility index (Phi) is 2.36. The van der Waals surface area contributed by atoms with Gasteiger partial charge in [0.1, 0.15) is 5.82 Å². The zero-order valence-electron chi connectivity index (χ0n) is 9.62. The van der Waals surface area contributed by atoms with Crippen LogP contribution in [0, 0.1) is 5.82 Å². The SMILES string of the molecule is CN1CCCN2c3ccc(F)cc3CC2C1. The van der Waals surface area contributed by atoms with E-state index < -0.39 is 0 Å². The highest BCUT2D eigenvalue weighted by atomic mass is 19.1. The first-order valence-corrected chi connectivity index (χ1v) is 5.97. The summed E-state index contributed by atoms with van der Waals surface area (Å²) in [5, 5.41) is 0. The molecule has 0 N–H and O–H groups in total. The molecule has 0 radical (unpaired) electrons. The Morgan fingerprint density at radius 2 is 2.19 bits per heavy atom. The molecule has 0 spiro atoms. The van der Waals surface area contributed by atoms with Crippen molar-refractivity contribution in [3.8, 4) is 0 Å². The minimum atomic E-state index is -0.107. The smallest absolute Gasteiger partial charge is 0.123 e. The van der Waals surface area contributed by atoms with E-state index in [1.54, 1.807) is 12.1 Å². The minimum Gasteiger partial charge on any atom is -0.367 e. The zero-order chi connectivity index (χ0) is 11.1. The highest BCUT2D eigenvalue weighted by molar-refractivity contribution is 5.59. The lowest BCUT2D eigenvalue weighted by Crippen LogP contribution is -2.37. The number of fused-ring (bicyclic) bond motifs is 3. The van der Waals surface area contributed by atoms with Gasteiger partial charge in [0.15, 0.2) is 0 Å². The average Bonchev–Trinajstić information content (AvgIpc) is 2.44.